The van der Waals surface area contributed by atoms with Crippen molar-refractivity contribution in [3.63, 3.8) is 0 Å². The van der Waals surface area contributed by atoms with Crippen LogP contribution in [0.25, 0.3) is 0 Å². The van der Waals surface area contributed by atoms with Crippen molar-refractivity contribution in [2.24, 2.45) is 4.99 Å². The fourth-order valence-corrected chi connectivity index (χ4v) is 5.48. The maximum absolute atomic E-state index is 13.3. The maximum atomic E-state index is 13.3. The quantitative estimate of drug-likeness (QED) is 0.346. The summed E-state index contributed by atoms with van der Waals surface area (Å²) in [6, 6.07) is 11.4. The first kappa shape index (κ1) is 27.8. The van der Waals surface area contributed by atoms with Crippen LogP contribution < -0.4 is 14.8 Å². The molecule has 1 fully saturated rings. The largest absolute Gasteiger partial charge is 0.497 e. The van der Waals surface area contributed by atoms with Crippen molar-refractivity contribution in [1.82, 2.24) is 4.90 Å². The van der Waals surface area contributed by atoms with Gasteiger partial charge in [-0.15, -0.1) is 0 Å². The topological polar surface area (TPSA) is 80.2 Å². The summed E-state index contributed by atoms with van der Waals surface area (Å²) in [6.45, 7) is 3.98. The van der Waals surface area contributed by atoms with E-state index in [2.05, 4.69) is 10.3 Å². The standard InChI is InChI=1S/C25H29F2N3O4S2/c1-5-6-15(2)30-23(32)21(14-22(31)29-19-13-17(33-3)9-12-20(19)34-4)36-25(30)28-16-7-10-18(11-8-16)35-24(26)27/h7-13,15,21,24H,5-6,14H2,1-4H3,(H,29,31)/t15-,21-/m1/s1. The molecule has 3 rings (SSSR count). The minimum absolute atomic E-state index is 0.0534. The number of amidine groups is 1. The molecule has 0 radical (unpaired) electrons. The molecule has 1 aliphatic heterocycles. The number of hydrogen-bond acceptors (Lipinski definition) is 7. The number of amides is 2. The number of thioether (sulfide) groups is 2. The Morgan fingerprint density at radius 1 is 1.19 bits per heavy atom. The number of benzene rings is 2. The predicted molar refractivity (Wildman–Crippen MR) is 141 cm³/mol. The highest BCUT2D eigenvalue weighted by molar-refractivity contribution is 8.15. The normalized spacial score (nSPS) is 17.5. The minimum atomic E-state index is -2.50. The fourth-order valence-electron chi connectivity index (χ4n) is 3.74. The van der Waals surface area contributed by atoms with Crippen molar-refractivity contribution in [3.05, 3.63) is 42.5 Å². The van der Waals surface area contributed by atoms with E-state index in [1.807, 2.05) is 13.8 Å². The van der Waals surface area contributed by atoms with Crippen LogP contribution in [0.1, 0.15) is 33.1 Å². The molecule has 2 atom stereocenters. The zero-order valence-electron chi connectivity index (χ0n) is 20.5. The van der Waals surface area contributed by atoms with E-state index in [-0.39, 0.29) is 24.3 Å². The van der Waals surface area contributed by atoms with Crippen molar-refractivity contribution in [2.45, 2.75) is 55.1 Å². The number of ether oxygens (including phenoxy) is 2. The Balaban J connectivity index is 1.79. The number of rotatable bonds is 11. The third-order valence-corrected chi connectivity index (χ3v) is 7.33. The minimum Gasteiger partial charge on any atom is -0.497 e. The molecular formula is C25H29F2N3O4S2. The number of carbonyl (C=O) groups excluding carboxylic acids is 2. The van der Waals surface area contributed by atoms with Gasteiger partial charge in [-0.3, -0.25) is 14.5 Å². The van der Waals surface area contributed by atoms with Gasteiger partial charge in [-0.1, -0.05) is 36.9 Å². The molecule has 0 aliphatic carbocycles. The van der Waals surface area contributed by atoms with Crippen LogP contribution in [0.4, 0.5) is 20.2 Å². The molecule has 2 amide bonds. The van der Waals surface area contributed by atoms with Crippen LogP contribution in [0.15, 0.2) is 52.4 Å². The summed E-state index contributed by atoms with van der Waals surface area (Å²) in [7, 11) is 3.03. The lowest BCUT2D eigenvalue weighted by atomic mass is 10.1. The van der Waals surface area contributed by atoms with Gasteiger partial charge in [0.1, 0.15) is 16.7 Å². The number of aliphatic imine (C=N–C) groups is 1. The third-order valence-electron chi connectivity index (χ3n) is 5.45. The summed E-state index contributed by atoms with van der Waals surface area (Å²) in [5.74, 6) is -1.99. The first-order valence-corrected chi connectivity index (χ1v) is 13.2. The smallest absolute Gasteiger partial charge is 0.288 e. The number of hydrogen-bond donors (Lipinski definition) is 1. The van der Waals surface area contributed by atoms with Gasteiger partial charge in [0.05, 0.1) is 25.6 Å². The maximum Gasteiger partial charge on any atom is 0.288 e. The highest BCUT2D eigenvalue weighted by atomic mass is 32.2. The SMILES string of the molecule is CCC[C@@H](C)N1C(=O)[C@@H](CC(=O)Nc2cc(OC)ccc2OC)SC1=Nc1ccc(SC(F)F)cc1. The Hall–Kier alpha value is -2.79. The summed E-state index contributed by atoms with van der Waals surface area (Å²) >= 11 is 1.69. The van der Waals surface area contributed by atoms with Crippen molar-refractivity contribution in [3.8, 4) is 11.5 Å². The van der Waals surface area contributed by atoms with Crippen LogP contribution in [0, 0.1) is 0 Å². The Kier molecular flexibility index (Phi) is 10.0. The molecular weight excluding hydrogens is 508 g/mol. The van der Waals surface area contributed by atoms with E-state index in [1.165, 1.54) is 26.0 Å². The Morgan fingerprint density at radius 2 is 1.92 bits per heavy atom. The molecule has 2 aromatic rings. The third kappa shape index (κ3) is 7.13. The van der Waals surface area contributed by atoms with Gasteiger partial charge in [-0.2, -0.15) is 8.78 Å². The van der Waals surface area contributed by atoms with Crippen molar-refractivity contribution < 1.29 is 27.8 Å². The number of nitrogens with one attached hydrogen (secondary N) is 1. The van der Waals surface area contributed by atoms with Gasteiger partial charge in [-0.25, -0.2) is 4.99 Å². The molecule has 0 spiro atoms. The lowest BCUT2D eigenvalue weighted by Crippen LogP contribution is -2.40. The lowest BCUT2D eigenvalue weighted by molar-refractivity contribution is -0.129. The first-order valence-electron chi connectivity index (χ1n) is 11.4. The summed E-state index contributed by atoms with van der Waals surface area (Å²) < 4.78 is 35.8. The Morgan fingerprint density at radius 3 is 2.53 bits per heavy atom. The molecule has 1 N–H and O–H groups in total. The van der Waals surface area contributed by atoms with Crippen LogP contribution in [0.5, 0.6) is 11.5 Å². The molecule has 1 heterocycles. The average molecular weight is 538 g/mol. The molecule has 36 heavy (non-hydrogen) atoms. The van der Waals surface area contributed by atoms with E-state index in [4.69, 9.17) is 9.47 Å². The molecule has 11 heteroatoms. The van der Waals surface area contributed by atoms with Crippen molar-refractivity contribution >= 4 is 51.9 Å². The molecule has 7 nitrogen and oxygen atoms in total. The molecule has 194 valence electrons. The zero-order valence-corrected chi connectivity index (χ0v) is 22.1. The fraction of sp³-hybridized carbons (Fsp3) is 0.400. The van der Waals surface area contributed by atoms with Crippen LogP contribution >= 0.6 is 23.5 Å². The number of nitrogens with zero attached hydrogens (tertiary/aromatic N) is 2. The second-order valence-electron chi connectivity index (χ2n) is 8.04. The molecule has 0 saturated carbocycles. The molecule has 0 unspecified atom stereocenters. The van der Waals surface area contributed by atoms with Gasteiger partial charge in [0.15, 0.2) is 5.17 Å². The van der Waals surface area contributed by atoms with E-state index >= 15 is 0 Å². The van der Waals surface area contributed by atoms with Gasteiger partial charge in [-0.05, 0) is 49.7 Å². The van der Waals surface area contributed by atoms with Crippen LogP contribution in [0.2, 0.25) is 0 Å². The van der Waals surface area contributed by atoms with E-state index in [1.54, 1.807) is 47.4 Å². The number of halogens is 2. The van der Waals surface area contributed by atoms with Gasteiger partial charge < -0.3 is 14.8 Å². The van der Waals surface area contributed by atoms with Gasteiger partial charge in [0, 0.05) is 23.4 Å². The predicted octanol–water partition coefficient (Wildman–Crippen LogP) is 6.17. The number of alkyl halides is 2. The second kappa shape index (κ2) is 13.0. The number of carbonyl (C=O) groups is 2. The lowest BCUT2D eigenvalue weighted by Gasteiger charge is -2.24. The summed E-state index contributed by atoms with van der Waals surface area (Å²) in [6.07, 6.45) is 1.60. The highest BCUT2D eigenvalue weighted by Crippen LogP contribution is 2.35. The summed E-state index contributed by atoms with van der Waals surface area (Å²) in [5.41, 5.74) is 0.994. The van der Waals surface area contributed by atoms with Crippen LogP contribution in [-0.2, 0) is 9.59 Å². The van der Waals surface area contributed by atoms with E-state index < -0.39 is 11.0 Å². The van der Waals surface area contributed by atoms with E-state index in [0.717, 1.165) is 12.8 Å². The number of methoxy groups -OCH3 is 2. The van der Waals surface area contributed by atoms with E-state index in [9.17, 15) is 18.4 Å². The van der Waals surface area contributed by atoms with Crippen LogP contribution in [-0.4, -0.2) is 53.2 Å². The average Bonchev–Trinajstić information content (AvgIpc) is 3.14. The van der Waals surface area contributed by atoms with E-state index in [0.29, 0.717) is 44.7 Å². The molecule has 1 aliphatic rings. The van der Waals surface area contributed by atoms with Gasteiger partial charge >= 0.3 is 0 Å². The van der Waals surface area contributed by atoms with Crippen molar-refractivity contribution in [1.29, 1.82) is 0 Å². The highest BCUT2D eigenvalue weighted by Gasteiger charge is 2.41. The van der Waals surface area contributed by atoms with Crippen molar-refractivity contribution in [2.75, 3.05) is 19.5 Å². The molecule has 0 aromatic heterocycles. The van der Waals surface area contributed by atoms with Gasteiger partial charge in [0.25, 0.3) is 5.76 Å². The molecule has 1 saturated heterocycles. The molecule has 2 aromatic carbocycles. The van der Waals surface area contributed by atoms with Gasteiger partial charge in [0.2, 0.25) is 11.8 Å². The first-order chi connectivity index (χ1) is 17.2. The number of anilines is 1. The summed E-state index contributed by atoms with van der Waals surface area (Å²) in [4.78, 5) is 32.9. The Bertz CT molecular complexity index is 1100. The molecule has 0 bridgehead atoms. The second-order valence-corrected chi connectivity index (χ2v) is 10.3. The zero-order chi connectivity index (χ0) is 26.2. The van der Waals surface area contributed by atoms with Crippen LogP contribution in [0.3, 0.4) is 0 Å². The summed E-state index contributed by atoms with van der Waals surface area (Å²) in [5, 5.41) is 2.66. The Labute approximate surface area is 218 Å². The monoisotopic (exact) mass is 537 g/mol.